The van der Waals surface area contributed by atoms with Crippen LogP contribution in [0.2, 0.25) is 0 Å². The average Bonchev–Trinajstić information content (AvgIpc) is 2.48. The van der Waals surface area contributed by atoms with E-state index in [-0.39, 0.29) is 5.24 Å². The zero-order valence-corrected chi connectivity index (χ0v) is 15.7. The van der Waals surface area contributed by atoms with Crippen LogP contribution in [0.4, 0.5) is 10.5 Å². The van der Waals surface area contributed by atoms with E-state index < -0.39 is 0 Å². The van der Waals surface area contributed by atoms with Crippen LogP contribution in [0.5, 0.6) is 5.75 Å². The highest BCUT2D eigenvalue weighted by molar-refractivity contribution is 14.1. The number of carbonyl (C=O) groups excluding carboxylic acids is 1. The van der Waals surface area contributed by atoms with Gasteiger partial charge in [0.2, 0.25) is 0 Å². The van der Waals surface area contributed by atoms with Crippen molar-refractivity contribution in [1.82, 2.24) is 0 Å². The van der Waals surface area contributed by atoms with Crippen molar-refractivity contribution in [2.75, 3.05) is 11.6 Å². The number of hydrogen-bond donors (Lipinski definition) is 1. The summed E-state index contributed by atoms with van der Waals surface area (Å²) in [7, 11) is 0. The van der Waals surface area contributed by atoms with Crippen molar-refractivity contribution in [2.45, 2.75) is 20.5 Å². The largest absolute Gasteiger partial charge is 0.489 e. The molecule has 2 rings (SSSR count). The number of anilines is 1. The fourth-order valence-electron chi connectivity index (χ4n) is 2.07. The van der Waals surface area contributed by atoms with Crippen LogP contribution in [0.1, 0.15) is 16.7 Å². The maximum absolute atomic E-state index is 11.6. The number of amides is 1. The van der Waals surface area contributed by atoms with Gasteiger partial charge in [0, 0.05) is 14.8 Å². The number of rotatable bonds is 4. The molecular formula is C17H18INO2S. The molecule has 0 fully saturated rings. The lowest BCUT2D eigenvalue weighted by atomic mass is 10.1. The number of hydrogen-bond acceptors (Lipinski definition) is 3. The highest BCUT2D eigenvalue weighted by Crippen LogP contribution is 2.24. The Morgan fingerprint density at radius 3 is 2.68 bits per heavy atom. The third kappa shape index (κ3) is 4.64. The zero-order chi connectivity index (χ0) is 16.1. The van der Waals surface area contributed by atoms with Gasteiger partial charge in [0.25, 0.3) is 5.24 Å². The van der Waals surface area contributed by atoms with E-state index in [1.165, 1.54) is 5.56 Å². The number of aryl methyl sites for hydroxylation is 2. The minimum Gasteiger partial charge on any atom is -0.489 e. The summed E-state index contributed by atoms with van der Waals surface area (Å²) in [5.41, 5.74) is 4.09. The number of benzene rings is 2. The van der Waals surface area contributed by atoms with Crippen molar-refractivity contribution in [3.8, 4) is 5.75 Å². The van der Waals surface area contributed by atoms with Crippen LogP contribution in [0.25, 0.3) is 0 Å². The van der Waals surface area contributed by atoms with E-state index in [0.717, 1.165) is 37.9 Å². The summed E-state index contributed by atoms with van der Waals surface area (Å²) < 4.78 is 6.99. The number of nitrogens with one attached hydrogen (secondary N) is 1. The highest BCUT2D eigenvalue weighted by Gasteiger charge is 2.08. The van der Waals surface area contributed by atoms with Gasteiger partial charge in [0.15, 0.2) is 0 Å². The summed E-state index contributed by atoms with van der Waals surface area (Å²) in [6.07, 6.45) is 1.76. The van der Waals surface area contributed by atoms with Crippen LogP contribution < -0.4 is 10.1 Å². The molecule has 0 radical (unpaired) electrons. The molecule has 2 aromatic carbocycles. The smallest absolute Gasteiger partial charge is 0.283 e. The van der Waals surface area contributed by atoms with Crippen LogP contribution in [0.3, 0.4) is 0 Å². The van der Waals surface area contributed by atoms with Crippen molar-refractivity contribution >= 4 is 45.3 Å². The van der Waals surface area contributed by atoms with Crippen LogP contribution in [-0.4, -0.2) is 11.5 Å². The third-order valence-electron chi connectivity index (χ3n) is 3.21. The molecule has 3 nitrogen and oxygen atoms in total. The molecule has 1 amide bonds. The maximum atomic E-state index is 11.6. The predicted molar refractivity (Wildman–Crippen MR) is 102 cm³/mol. The molecular weight excluding hydrogens is 409 g/mol. The normalized spacial score (nSPS) is 10.4. The van der Waals surface area contributed by atoms with E-state index in [4.69, 9.17) is 4.74 Å². The van der Waals surface area contributed by atoms with Crippen molar-refractivity contribution < 1.29 is 9.53 Å². The first-order valence-electron chi connectivity index (χ1n) is 6.83. The van der Waals surface area contributed by atoms with E-state index in [1.54, 1.807) is 6.26 Å². The van der Waals surface area contributed by atoms with Crippen LogP contribution in [-0.2, 0) is 6.61 Å². The fraction of sp³-hybridized carbons (Fsp3) is 0.235. The summed E-state index contributed by atoms with van der Waals surface area (Å²) in [6.45, 7) is 4.52. The van der Waals surface area contributed by atoms with Crippen molar-refractivity contribution in [3.63, 3.8) is 0 Å². The van der Waals surface area contributed by atoms with E-state index in [9.17, 15) is 4.79 Å². The Labute approximate surface area is 149 Å². The first kappa shape index (κ1) is 17.1. The molecule has 1 N–H and O–H groups in total. The van der Waals surface area contributed by atoms with Gasteiger partial charge < -0.3 is 10.1 Å². The van der Waals surface area contributed by atoms with Crippen LogP contribution in [0, 0.1) is 17.4 Å². The summed E-state index contributed by atoms with van der Waals surface area (Å²) in [5.74, 6) is 0.867. The number of carbonyl (C=O) groups is 1. The molecule has 0 spiro atoms. The van der Waals surface area contributed by atoms with E-state index >= 15 is 0 Å². The highest BCUT2D eigenvalue weighted by atomic mass is 127. The first-order valence-corrected chi connectivity index (χ1v) is 9.13. The molecule has 0 atom stereocenters. The van der Waals surface area contributed by atoms with Crippen molar-refractivity contribution in [1.29, 1.82) is 0 Å². The number of halogens is 1. The van der Waals surface area contributed by atoms with Gasteiger partial charge in [-0.15, -0.1) is 0 Å². The van der Waals surface area contributed by atoms with Gasteiger partial charge in [-0.05, 0) is 66.5 Å². The Balaban J connectivity index is 2.16. The maximum Gasteiger partial charge on any atom is 0.283 e. The van der Waals surface area contributed by atoms with Gasteiger partial charge in [0.05, 0.1) is 0 Å². The fourth-order valence-corrected chi connectivity index (χ4v) is 2.77. The zero-order valence-electron chi connectivity index (χ0n) is 12.8. The second-order valence-corrected chi connectivity index (χ2v) is 7.00. The molecule has 22 heavy (non-hydrogen) atoms. The van der Waals surface area contributed by atoms with E-state index in [1.807, 2.05) is 37.3 Å². The molecule has 0 aliphatic rings. The lowest BCUT2D eigenvalue weighted by Crippen LogP contribution is -2.08. The van der Waals surface area contributed by atoms with Gasteiger partial charge in [0.1, 0.15) is 12.4 Å². The summed E-state index contributed by atoms with van der Waals surface area (Å²) in [5, 5.41) is 2.83. The summed E-state index contributed by atoms with van der Waals surface area (Å²) >= 11 is 3.39. The van der Waals surface area contributed by atoms with Gasteiger partial charge >= 0.3 is 0 Å². The molecule has 0 heterocycles. The summed E-state index contributed by atoms with van der Waals surface area (Å²) in [6, 6.07) is 12.1. The van der Waals surface area contributed by atoms with E-state index in [0.29, 0.717) is 6.61 Å². The van der Waals surface area contributed by atoms with Gasteiger partial charge in [-0.3, -0.25) is 4.79 Å². The summed E-state index contributed by atoms with van der Waals surface area (Å²) in [4.78, 5) is 11.6. The topological polar surface area (TPSA) is 38.3 Å². The molecule has 5 heteroatoms. The molecule has 0 aliphatic carbocycles. The SMILES string of the molecule is CSC(=O)Nc1cc(I)ccc1COc1ccc(C)cc1C. The van der Waals surface area contributed by atoms with Crippen molar-refractivity contribution in [2.24, 2.45) is 0 Å². The Kier molecular flexibility index (Phi) is 6.14. The van der Waals surface area contributed by atoms with Gasteiger partial charge in [-0.2, -0.15) is 0 Å². The Morgan fingerprint density at radius 2 is 2.00 bits per heavy atom. The van der Waals surface area contributed by atoms with Gasteiger partial charge in [-0.1, -0.05) is 35.5 Å². The molecule has 0 aromatic heterocycles. The molecule has 116 valence electrons. The van der Waals surface area contributed by atoms with Crippen LogP contribution in [0.15, 0.2) is 36.4 Å². The van der Waals surface area contributed by atoms with Gasteiger partial charge in [-0.25, -0.2) is 0 Å². The predicted octanol–water partition coefficient (Wildman–Crippen LogP) is 5.38. The molecule has 2 aromatic rings. The third-order valence-corrected chi connectivity index (χ3v) is 4.35. The van der Waals surface area contributed by atoms with Crippen molar-refractivity contribution in [3.05, 3.63) is 56.7 Å². The number of ether oxygens (including phenoxy) is 1. The molecule has 0 aliphatic heterocycles. The Hall–Kier alpha value is -1.21. The Morgan fingerprint density at radius 1 is 1.23 bits per heavy atom. The first-order chi connectivity index (χ1) is 10.5. The minimum atomic E-state index is -0.0743. The standard InChI is InChI=1S/C17H18INO2S/c1-11-4-7-16(12(2)8-11)21-10-13-5-6-14(18)9-15(13)19-17(20)22-3/h4-9H,10H2,1-3H3,(H,19,20). The Bertz CT molecular complexity index is 688. The number of thioether (sulfide) groups is 1. The second kappa shape index (κ2) is 7.87. The quantitative estimate of drug-likeness (QED) is 0.666. The van der Waals surface area contributed by atoms with E-state index in [2.05, 4.69) is 40.9 Å². The minimum absolute atomic E-state index is 0.0743. The second-order valence-electron chi connectivity index (χ2n) is 4.98. The molecule has 0 saturated heterocycles. The molecule has 0 unspecified atom stereocenters. The monoisotopic (exact) mass is 427 g/mol. The molecule has 0 saturated carbocycles. The van der Waals surface area contributed by atoms with Crippen LogP contribution >= 0.6 is 34.4 Å². The lowest BCUT2D eigenvalue weighted by Gasteiger charge is -2.14. The average molecular weight is 427 g/mol. The lowest BCUT2D eigenvalue weighted by molar-refractivity contribution is 0.269. The molecule has 0 bridgehead atoms.